The van der Waals surface area contributed by atoms with Crippen molar-refractivity contribution in [3.63, 3.8) is 0 Å². The molecular formula is C16H18FN3O4S. The predicted octanol–water partition coefficient (Wildman–Crippen LogP) is 1.13. The molecule has 0 unspecified atom stereocenters. The summed E-state index contributed by atoms with van der Waals surface area (Å²) >= 11 is 0. The number of amides is 1. The highest BCUT2D eigenvalue weighted by molar-refractivity contribution is 7.90. The van der Waals surface area contributed by atoms with E-state index in [1.54, 1.807) is 12.1 Å². The van der Waals surface area contributed by atoms with E-state index in [4.69, 9.17) is 0 Å². The number of rotatable bonds is 3. The summed E-state index contributed by atoms with van der Waals surface area (Å²) in [7, 11) is -3.15. The zero-order valence-electron chi connectivity index (χ0n) is 14.2. The van der Waals surface area contributed by atoms with Gasteiger partial charge in [0.15, 0.2) is 11.3 Å². The standard InChI is InChI=1S/C16H18FN3O4S/c1-10(2)12-5-7-13(8-6-12)25(23,24)20-9-14(17)15(18-11(3)21)19(4)16(20)22/h5-10H,1-4H3. The van der Waals surface area contributed by atoms with Gasteiger partial charge in [-0.25, -0.2) is 17.6 Å². The molecule has 2 aromatic rings. The van der Waals surface area contributed by atoms with E-state index >= 15 is 0 Å². The number of halogens is 1. The molecule has 0 atom stereocenters. The third kappa shape index (κ3) is 3.60. The fraction of sp³-hybridized carbons (Fsp3) is 0.312. The fourth-order valence-electron chi connectivity index (χ4n) is 2.20. The molecule has 2 rings (SSSR count). The van der Waals surface area contributed by atoms with E-state index in [1.165, 1.54) is 12.1 Å². The maximum absolute atomic E-state index is 14.2. The lowest BCUT2D eigenvalue weighted by molar-refractivity contribution is -0.116. The molecule has 134 valence electrons. The molecule has 9 heteroatoms. The highest BCUT2D eigenvalue weighted by Gasteiger charge is 2.21. The topological polar surface area (TPSA) is 90.5 Å². The first-order valence-electron chi connectivity index (χ1n) is 7.44. The first kappa shape index (κ1) is 18.8. The first-order valence-corrected chi connectivity index (χ1v) is 8.88. The van der Waals surface area contributed by atoms with Crippen molar-refractivity contribution in [1.82, 2.24) is 8.54 Å². The molecular weight excluding hydrogens is 349 g/mol. The summed E-state index contributed by atoms with van der Waals surface area (Å²) in [6, 6.07) is 6.00. The van der Waals surface area contributed by atoms with Crippen molar-refractivity contribution in [1.29, 1.82) is 0 Å². The number of carbonyl (C=O) groups excluding carboxylic acids is 1. The second kappa shape index (κ2) is 6.75. The number of nitrogens with zero attached hydrogens (tertiary/aromatic N) is 3. The predicted molar refractivity (Wildman–Crippen MR) is 89.0 cm³/mol. The van der Waals surface area contributed by atoms with Crippen LogP contribution in [0.3, 0.4) is 0 Å². The summed E-state index contributed by atoms with van der Waals surface area (Å²) in [5.74, 6) is -1.60. The van der Waals surface area contributed by atoms with E-state index in [0.29, 0.717) is 14.7 Å². The molecule has 0 aliphatic heterocycles. The quantitative estimate of drug-likeness (QED) is 0.813. The number of carbonyl (C=O) groups is 1. The maximum Gasteiger partial charge on any atom is 0.343 e. The third-order valence-corrected chi connectivity index (χ3v) is 5.25. The molecule has 0 bridgehead atoms. The van der Waals surface area contributed by atoms with Crippen LogP contribution >= 0.6 is 0 Å². The van der Waals surface area contributed by atoms with Crippen LogP contribution in [-0.4, -0.2) is 22.9 Å². The van der Waals surface area contributed by atoms with Crippen LogP contribution in [0, 0.1) is 5.82 Å². The van der Waals surface area contributed by atoms with Crippen molar-refractivity contribution in [3.05, 3.63) is 57.8 Å². The van der Waals surface area contributed by atoms with Gasteiger partial charge in [-0.3, -0.25) is 9.36 Å². The van der Waals surface area contributed by atoms with E-state index in [2.05, 4.69) is 4.99 Å². The Labute approximate surface area is 144 Å². The van der Waals surface area contributed by atoms with Crippen LogP contribution in [0.5, 0.6) is 0 Å². The van der Waals surface area contributed by atoms with Crippen LogP contribution < -0.4 is 11.2 Å². The molecule has 0 fully saturated rings. The van der Waals surface area contributed by atoms with Crippen LogP contribution in [0.15, 0.2) is 45.1 Å². The smallest absolute Gasteiger partial charge is 0.278 e. The Morgan fingerprint density at radius 1 is 1.20 bits per heavy atom. The van der Waals surface area contributed by atoms with Crippen molar-refractivity contribution >= 4 is 15.9 Å². The van der Waals surface area contributed by atoms with Crippen LogP contribution in [-0.2, 0) is 21.9 Å². The monoisotopic (exact) mass is 367 g/mol. The van der Waals surface area contributed by atoms with Gasteiger partial charge in [-0.2, -0.15) is 8.96 Å². The molecule has 25 heavy (non-hydrogen) atoms. The Bertz CT molecular complexity index is 1050. The van der Waals surface area contributed by atoms with Crippen LogP contribution in [0.4, 0.5) is 4.39 Å². The SMILES string of the molecule is CC(=O)N=c1c(F)cn(S(=O)(=O)c2ccc(C(C)C)cc2)c(=O)n1C. The Kier molecular flexibility index (Phi) is 5.07. The minimum atomic E-state index is -4.29. The van der Waals surface area contributed by atoms with Gasteiger partial charge >= 0.3 is 5.69 Å². The highest BCUT2D eigenvalue weighted by Crippen LogP contribution is 2.18. The second-order valence-corrected chi connectivity index (χ2v) is 7.61. The number of hydrogen-bond donors (Lipinski definition) is 0. The van der Waals surface area contributed by atoms with E-state index in [0.717, 1.165) is 19.5 Å². The molecule has 1 aromatic heterocycles. The van der Waals surface area contributed by atoms with E-state index < -0.39 is 32.9 Å². The molecule has 0 spiro atoms. The normalized spacial score (nSPS) is 12.6. The van der Waals surface area contributed by atoms with Gasteiger partial charge in [0, 0.05) is 14.0 Å². The molecule has 7 nitrogen and oxygen atoms in total. The summed E-state index contributed by atoms with van der Waals surface area (Å²) in [6.07, 6.45) is 0.524. The molecule has 0 radical (unpaired) electrons. The zero-order chi connectivity index (χ0) is 18.9. The average molecular weight is 367 g/mol. The van der Waals surface area contributed by atoms with Crippen molar-refractivity contribution in [2.24, 2.45) is 12.0 Å². The van der Waals surface area contributed by atoms with Crippen LogP contribution in [0.25, 0.3) is 0 Å². The highest BCUT2D eigenvalue weighted by atomic mass is 32.2. The van der Waals surface area contributed by atoms with Gasteiger partial charge < -0.3 is 0 Å². The summed E-state index contributed by atoms with van der Waals surface area (Å²) in [5, 5.41) is 0. The summed E-state index contributed by atoms with van der Waals surface area (Å²) < 4.78 is 40.5. The maximum atomic E-state index is 14.2. The largest absolute Gasteiger partial charge is 0.343 e. The van der Waals surface area contributed by atoms with Gasteiger partial charge in [-0.15, -0.1) is 0 Å². The van der Waals surface area contributed by atoms with E-state index in [-0.39, 0.29) is 10.8 Å². The molecule has 0 N–H and O–H groups in total. The molecule has 1 heterocycles. The third-order valence-electron chi connectivity index (χ3n) is 3.60. The van der Waals surface area contributed by atoms with Crippen LogP contribution in [0.2, 0.25) is 0 Å². The number of hydrogen-bond acceptors (Lipinski definition) is 4. The number of aromatic nitrogens is 2. The minimum absolute atomic E-state index is 0.144. The first-order chi connectivity index (χ1) is 11.6. The summed E-state index contributed by atoms with van der Waals surface area (Å²) in [4.78, 5) is 26.6. The van der Waals surface area contributed by atoms with Crippen LogP contribution in [0.1, 0.15) is 32.3 Å². The molecule has 0 saturated carbocycles. The van der Waals surface area contributed by atoms with E-state index in [1.807, 2.05) is 13.8 Å². The fourth-order valence-corrected chi connectivity index (χ4v) is 3.47. The lowest BCUT2D eigenvalue weighted by atomic mass is 10.0. The Morgan fingerprint density at radius 2 is 1.76 bits per heavy atom. The molecule has 0 saturated heterocycles. The summed E-state index contributed by atoms with van der Waals surface area (Å²) in [6.45, 7) is 5.01. The van der Waals surface area contributed by atoms with Gasteiger partial charge in [0.25, 0.3) is 10.0 Å². The van der Waals surface area contributed by atoms with Gasteiger partial charge in [-0.05, 0) is 23.6 Å². The van der Waals surface area contributed by atoms with Gasteiger partial charge in [0.05, 0.1) is 11.1 Å². The lowest BCUT2D eigenvalue weighted by Gasteiger charge is -2.11. The summed E-state index contributed by atoms with van der Waals surface area (Å²) in [5.41, 5.74) is -0.632. The lowest BCUT2D eigenvalue weighted by Crippen LogP contribution is -2.42. The molecule has 1 aromatic carbocycles. The number of benzene rings is 1. The van der Waals surface area contributed by atoms with Crippen molar-refractivity contribution in [2.75, 3.05) is 0 Å². The zero-order valence-corrected chi connectivity index (χ0v) is 15.0. The second-order valence-electron chi connectivity index (χ2n) is 5.80. The van der Waals surface area contributed by atoms with Gasteiger partial charge in [0.1, 0.15) is 0 Å². The van der Waals surface area contributed by atoms with Crippen molar-refractivity contribution < 1.29 is 17.6 Å². The van der Waals surface area contributed by atoms with Gasteiger partial charge in [0.2, 0.25) is 5.91 Å². The molecule has 0 aliphatic carbocycles. The Hall–Kier alpha value is -2.55. The minimum Gasteiger partial charge on any atom is -0.278 e. The Balaban J connectivity index is 2.69. The Morgan fingerprint density at radius 3 is 2.24 bits per heavy atom. The molecule has 1 amide bonds. The molecule has 0 aliphatic rings. The van der Waals surface area contributed by atoms with E-state index in [9.17, 15) is 22.4 Å². The van der Waals surface area contributed by atoms with Gasteiger partial charge in [-0.1, -0.05) is 26.0 Å². The average Bonchev–Trinajstić information content (AvgIpc) is 2.54. The van der Waals surface area contributed by atoms with Crippen molar-refractivity contribution in [3.8, 4) is 0 Å². The van der Waals surface area contributed by atoms with Crippen molar-refractivity contribution in [2.45, 2.75) is 31.6 Å².